The minimum absolute atomic E-state index is 0.0977. The third-order valence-electron chi connectivity index (χ3n) is 2.13. The molecule has 0 aromatic carbocycles. The largest absolute Gasteiger partial charge is 0.471 e. The molecule has 0 fully saturated rings. The first-order valence-electron chi connectivity index (χ1n) is 4.79. The predicted molar refractivity (Wildman–Crippen MR) is 52.4 cm³/mol. The van der Waals surface area contributed by atoms with E-state index in [2.05, 4.69) is 0 Å². The zero-order valence-corrected chi connectivity index (χ0v) is 9.77. The van der Waals surface area contributed by atoms with Crippen LogP contribution in [0.2, 0.25) is 0 Å². The summed E-state index contributed by atoms with van der Waals surface area (Å²) in [5.41, 5.74) is -0.0977. The van der Waals surface area contributed by atoms with Crippen LogP contribution in [-0.2, 0) is 4.79 Å². The van der Waals surface area contributed by atoms with E-state index in [-0.39, 0.29) is 5.41 Å². The molecule has 0 saturated heterocycles. The van der Waals surface area contributed by atoms with Crippen LogP contribution in [0.25, 0.3) is 0 Å². The fourth-order valence-corrected chi connectivity index (χ4v) is 1.42. The van der Waals surface area contributed by atoms with E-state index in [0.29, 0.717) is 6.42 Å². The molecule has 5 heteroatoms. The number of carbonyl (C=O) groups excluding carboxylic acids is 1. The molecule has 2 nitrogen and oxygen atoms in total. The zero-order valence-electron chi connectivity index (χ0n) is 9.77. The molecule has 0 rings (SSSR count). The zero-order chi connectivity index (χ0) is 12.4. The Kier molecular flexibility index (Phi) is 4.19. The van der Waals surface area contributed by atoms with Gasteiger partial charge in [0.05, 0.1) is 0 Å². The van der Waals surface area contributed by atoms with Crippen molar-refractivity contribution >= 4 is 5.91 Å². The first kappa shape index (κ1) is 14.3. The molecule has 1 amide bonds. The molecule has 0 aromatic heterocycles. The molecule has 0 aromatic rings. The SMILES string of the molecule is CC(CC(C)(C)C)N(C)C(=O)C(F)(F)F. The fraction of sp³-hybridized carbons (Fsp3) is 0.900. The van der Waals surface area contributed by atoms with Crippen molar-refractivity contribution in [2.45, 2.75) is 46.3 Å². The highest BCUT2D eigenvalue weighted by Gasteiger charge is 2.42. The van der Waals surface area contributed by atoms with Crippen molar-refractivity contribution in [3.63, 3.8) is 0 Å². The highest BCUT2D eigenvalue weighted by molar-refractivity contribution is 5.81. The lowest BCUT2D eigenvalue weighted by Crippen LogP contribution is -2.44. The number of amides is 1. The average Bonchev–Trinajstić information content (AvgIpc) is 1.96. The molecule has 0 N–H and O–H groups in total. The summed E-state index contributed by atoms with van der Waals surface area (Å²) in [6.45, 7) is 7.40. The van der Waals surface area contributed by atoms with Crippen LogP contribution < -0.4 is 0 Å². The summed E-state index contributed by atoms with van der Waals surface area (Å²) in [6.07, 6.45) is -4.24. The maximum absolute atomic E-state index is 12.1. The van der Waals surface area contributed by atoms with Crippen LogP contribution in [0, 0.1) is 5.41 Å². The van der Waals surface area contributed by atoms with E-state index in [9.17, 15) is 18.0 Å². The number of carbonyl (C=O) groups is 1. The van der Waals surface area contributed by atoms with Gasteiger partial charge < -0.3 is 4.90 Å². The van der Waals surface area contributed by atoms with E-state index in [1.807, 2.05) is 20.8 Å². The lowest BCUT2D eigenvalue weighted by Gasteiger charge is -2.30. The Labute approximate surface area is 88.4 Å². The van der Waals surface area contributed by atoms with Gasteiger partial charge in [0.2, 0.25) is 0 Å². The van der Waals surface area contributed by atoms with Crippen molar-refractivity contribution in [1.29, 1.82) is 0 Å². The molecule has 15 heavy (non-hydrogen) atoms. The Morgan fingerprint density at radius 3 is 1.93 bits per heavy atom. The van der Waals surface area contributed by atoms with E-state index in [1.54, 1.807) is 6.92 Å². The minimum Gasteiger partial charge on any atom is -0.335 e. The third kappa shape index (κ3) is 5.04. The number of hydrogen-bond acceptors (Lipinski definition) is 1. The smallest absolute Gasteiger partial charge is 0.335 e. The fourth-order valence-electron chi connectivity index (χ4n) is 1.42. The van der Waals surface area contributed by atoms with E-state index >= 15 is 0 Å². The Hall–Kier alpha value is -0.740. The number of halogens is 3. The normalized spacial score (nSPS) is 14.9. The van der Waals surface area contributed by atoms with Crippen molar-refractivity contribution in [2.75, 3.05) is 7.05 Å². The second-order valence-electron chi connectivity index (χ2n) is 5.03. The minimum atomic E-state index is -4.78. The predicted octanol–water partition coefficient (Wildman–Crippen LogP) is 2.83. The van der Waals surface area contributed by atoms with Gasteiger partial charge in [0.1, 0.15) is 0 Å². The van der Waals surface area contributed by atoms with Crippen LogP contribution in [0.15, 0.2) is 0 Å². The highest BCUT2D eigenvalue weighted by Crippen LogP contribution is 2.25. The molecule has 0 bridgehead atoms. The highest BCUT2D eigenvalue weighted by atomic mass is 19.4. The van der Waals surface area contributed by atoms with Gasteiger partial charge in [-0.15, -0.1) is 0 Å². The Bertz CT molecular complexity index is 230. The van der Waals surface area contributed by atoms with Crippen LogP contribution in [0.5, 0.6) is 0 Å². The van der Waals surface area contributed by atoms with Gasteiger partial charge in [-0.3, -0.25) is 4.79 Å². The van der Waals surface area contributed by atoms with Gasteiger partial charge in [-0.05, 0) is 18.8 Å². The molecule has 0 spiro atoms. The number of nitrogens with zero attached hydrogens (tertiary/aromatic N) is 1. The number of rotatable bonds is 2. The van der Waals surface area contributed by atoms with Crippen LogP contribution in [0.4, 0.5) is 13.2 Å². The van der Waals surface area contributed by atoms with Gasteiger partial charge in [-0.1, -0.05) is 20.8 Å². The van der Waals surface area contributed by atoms with Gasteiger partial charge in [0.25, 0.3) is 0 Å². The Morgan fingerprint density at radius 2 is 1.67 bits per heavy atom. The van der Waals surface area contributed by atoms with Gasteiger partial charge in [0.15, 0.2) is 0 Å². The van der Waals surface area contributed by atoms with E-state index < -0.39 is 18.1 Å². The maximum Gasteiger partial charge on any atom is 0.471 e. The van der Waals surface area contributed by atoms with Gasteiger partial charge >= 0.3 is 12.1 Å². The molecule has 0 radical (unpaired) electrons. The van der Waals surface area contributed by atoms with Crippen molar-refractivity contribution in [3.8, 4) is 0 Å². The molecule has 0 aliphatic rings. The second kappa shape index (κ2) is 4.41. The summed E-state index contributed by atoms with van der Waals surface area (Å²) in [5, 5.41) is 0. The van der Waals surface area contributed by atoms with Crippen molar-refractivity contribution in [2.24, 2.45) is 5.41 Å². The summed E-state index contributed by atoms with van der Waals surface area (Å²) in [6, 6.07) is -0.417. The lowest BCUT2D eigenvalue weighted by atomic mass is 9.88. The van der Waals surface area contributed by atoms with E-state index in [4.69, 9.17) is 0 Å². The standard InChI is InChI=1S/C10H18F3NO/c1-7(6-9(2,3)4)14(5)8(15)10(11,12)13/h7H,6H2,1-5H3. The molecule has 1 unspecified atom stereocenters. The molecule has 1 atom stereocenters. The molecular weight excluding hydrogens is 207 g/mol. The average molecular weight is 225 g/mol. The molecule has 0 heterocycles. The molecule has 0 saturated carbocycles. The second-order valence-corrected chi connectivity index (χ2v) is 5.03. The molecule has 0 aliphatic heterocycles. The van der Waals surface area contributed by atoms with E-state index in [1.165, 1.54) is 7.05 Å². The monoisotopic (exact) mass is 225 g/mol. The Balaban J connectivity index is 4.46. The quantitative estimate of drug-likeness (QED) is 0.707. The lowest BCUT2D eigenvalue weighted by molar-refractivity contribution is -0.186. The summed E-state index contributed by atoms with van der Waals surface area (Å²) < 4.78 is 36.3. The first-order chi connectivity index (χ1) is 6.45. The van der Waals surface area contributed by atoms with E-state index in [0.717, 1.165) is 4.90 Å². The molecule has 90 valence electrons. The van der Waals surface area contributed by atoms with Crippen LogP contribution in [-0.4, -0.2) is 30.1 Å². The van der Waals surface area contributed by atoms with Crippen molar-refractivity contribution < 1.29 is 18.0 Å². The molecular formula is C10H18F3NO. The Morgan fingerprint density at radius 1 is 1.27 bits per heavy atom. The van der Waals surface area contributed by atoms with Crippen LogP contribution >= 0.6 is 0 Å². The summed E-state index contributed by atoms with van der Waals surface area (Å²) in [4.78, 5) is 11.6. The number of alkyl halides is 3. The van der Waals surface area contributed by atoms with Crippen LogP contribution in [0.1, 0.15) is 34.1 Å². The summed E-state index contributed by atoms with van der Waals surface area (Å²) in [5.74, 6) is -1.78. The summed E-state index contributed by atoms with van der Waals surface area (Å²) >= 11 is 0. The van der Waals surface area contributed by atoms with Gasteiger partial charge in [0, 0.05) is 13.1 Å². The van der Waals surface area contributed by atoms with Crippen molar-refractivity contribution in [1.82, 2.24) is 4.90 Å². The van der Waals surface area contributed by atoms with Crippen molar-refractivity contribution in [3.05, 3.63) is 0 Å². The van der Waals surface area contributed by atoms with Crippen LogP contribution in [0.3, 0.4) is 0 Å². The topological polar surface area (TPSA) is 20.3 Å². The maximum atomic E-state index is 12.1. The third-order valence-corrected chi connectivity index (χ3v) is 2.13. The first-order valence-corrected chi connectivity index (χ1v) is 4.79. The number of hydrogen-bond donors (Lipinski definition) is 0. The summed E-state index contributed by atoms with van der Waals surface area (Å²) in [7, 11) is 1.19. The van der Waals surface area contributed by atoms with Gasteiger partial charge in [-0.2, -0.15) is 13.2 Å². The molecule has 0 aliphatic carbocycles. The van der Waals surface area contributed by atoms with Gasteiger partial charge in [-0.25, -0.2) is 0 Å².